The van der Waals surface area contributed by atoms with Crippen molar-refractivity contribution < 1.29 is 28.7 Å². The first-order chi connectivity index (χ1) is 19.1. The molecular formula is C28H31ClFN5O5. The number of nitrogens with one attached hydrogen (secondary N) is 1. The fourth-order valence-electron chi connectivity index (χ4n) is 4.48. The number of carbonyl (C=O) groups is 4. The molecular weight excluding hydrogens is 541 g/mol. The highest BCUT2D eigenvalue weighted by molar-refractivity contribution is 6.30. The Morgan fingerprint density at radius 3 is 2.67 bits per heavy atom. The van der Waals surface area contributed by atoms with Crippen LogP contribution in [0.25, 0.3) is 10.9 Å². The number of benzene rings is 2. The van der Waals surface area contributed by atoms with Gasteiger partial charge in [-0.2, -0.15) is 5.10 Å². The molecule has 0 unspecified atom stereocenters. The molecule has 1 aliphatic carbocycles. The number of amides is 3. The van der Waals surface area contributed by atoms with Crippen LogP contribution in [0.4, 0.5) is 4.39 Å². The van der Waals surface area contributed by atoms with Gasteiger partial charge in [-0.15, -0.1) is 0 Å². The van der Waals surface area contributed by atoms with Crippen LogP contribution >= 0.6 is 11.6 Å². The normalized spacial score (nSPS) is 13.7. The molecule has 4 rings (SSSR count). The molecule has 0 saturated heterocycles. The number of hydrogen-bond donors (Lipinski definition) is 3. The molecule has 12 heteroatoms. The predicted molar refractivity (Wildman–Crippen MR) is 146 cm³/mol. The number of rotatable bonds is 13. The minimum absolute atomic E-state index is 0.0395. The third-order valence-corrected chi connectivity index (χ3v) is 7.18. The third-order valence-electron chi connectivity index (χ3n) is 6.89. The molecule has 3 amide bonds. The van der Waals surface area contributed by atoms with Gasteiger partial charge in [0.2, 0.25) is 11.8 Å². The zero-order valence-electron chi connectivity index (χ0n) is 22.0. The van der Waals surface area contributed by atoms with E-state index in [9.17, 15) is 28.7 Å². The summed E-state index contributed by atoms with van der Waals surface area (Å²) in [4.78, 5) is 51.6. The number of hydrogen-bond acceptors (Lipinski definition) is 6. The van der Waals surface area contributed by atoms with Crippen LogP contribution in [0.1, 0.15) is 47.8 Å². The van der Waals surface area contributed by atoms with Crippen LogP contribution in [0.2, 0.25) is 5.02 Å². The zero-order chi connectivity index (χ0) is 29.0. The minimum atomic E-state index is -0.786. The molecule has 0 spiro atoms. The van der Waals surface area contributed by atoms with Crippen molar-refractivity contribution in [3.8, 4) is 0 Å². The summed E-state index contributed by atoms with van der Waals surface area (Å²) >= 11 is 5.79. The van der Waals surface area contributed by atoms with Gasteiger partial charge < -0.3 is 21.1 Å². The van der Waals surface area contributed by atoms with Crippen molar-refractivity contribution in [2.24, 2.45) is 11.7 Å². The van der Waals surface area contributed by atoms with Crippen molar-refractivity contribution in [2.75, 3.05) is 13.2 Å². The molecule has 0 bridgehead atoms. The highest BCUT2D eigenvalue weighted by Crippen LogP contribution is 2.33. The van der Waals surface area contributed by atoms with E-state index in [1.165, 1.54) is 21.7 Å². The molecule has 40 heavy (non-hydrogen) atoms. The van der Waals surface area contributed by atoms with Crippen LogP contribution in [0, 0.1) is 11.7 Å². The number of carbonyl (C=O) groups excluding carboxylic acids is 4. The van der Waals surface area contributed by atoms with E-state index >= 15 is 0 Å². The standard InChI is InChI=1S/C28H31ClFN5O5/c1-16(15-36)34(13-24(38)32-12-19-3-2-4-22(29)26(19)30)25(39)14-35-23-8-7-18(10-20(37)9-17-5-6-17)11-21(23)27(33-35)28(31)40/h2-4,7-8,11,16-17,36H,5-6,9-10,12-15H2,1H3,(H2,31,40)(H,32,38)/t16-/m1/s1. The smallest absolute Gasteiger partial charge is 0.269 e. The zero-order valence-corrected chi connectivity index (χ0v) is 22.8. The highest BCUT2D eigenvalue weighted by Gasteiger charge is 2.26. The van der Waals surface area contributed by atoms with Crippen LogP contribution in [-0.2, 0) is 33.9 Å². The van der Waals surface area contributed by atoms with Crippen LogP contribution < -0.4 is 11.1 Å². The Morgan fingerprint density at radius 2 is 2.00 bits per heavy atom. The monoisotopic (exact) mass is 571 g/mol. The van der Waals surface area contributed by atoms with Crippen LogP contribution in [0.15, 0.2) is 36.4 Å². The molecule has 0 aliphatic heterocycles. The number of aliphatic hydroxyl groups excluding tert-OH is 1. The van der Waals surface area contributed by atoms with Gasteiger partial charge in [-0.3, -0.25) is 23.9 Å². The van der Waals surface area contributed by atoms with Crippen molar-refractivity contribution in [3.05, 3.63) is 64.1 Å². The molecule has 212 valence electrons. The first kappa shape index (κ1) is 29.2. The van der Waals surface area contributed by atoms with E-state index in [4.69, 9.17) is 17.3 Å². The van der Waals surface area contributed by atoms with Crippen molar-refractivity contribution in [3.63, 3.8) is 0 Å². The number of aromatic nitrogens is 2. The van der Waals surface area contributed by atoms with E-state index in [1.807, 2.05) is 0 Å². The lowest BCUT2D eigenvalue weighted by Crippen LogP contribution is -2.47. The van der Waals surface area contributed by atoms with Gasteiger partial charge >= 0.3 is 0 Å². The van der Waals surface area contributed by atoms with Gasteiger partial charge in [-0.25, -0.2) is 4.39 Å². The van der Waals surface area contributed by atoms with E-state index in [0.717, 1.165) is 18.4 Å². The molecule has 0 radical (unpaired) electrons. The summed E-state index contributed by atoms with van der Waals surface area (Å²) in [6.45, 7) is 0.273. The Balaban J connectivity index is 1.49. The Bertz CT molecular complexity index is 1450. The van der Waals surface area contributed by atoms with Crippen LogP contribution in [0.5, 0.6) is 0 Å². The molecule has 1 fully saturated rings. The topological polar surface area (TPSA) is 148 Å². The van der Waals surface area contributed by atoms with E-state index in [0.29, 0.717) is 23.2 Å². The molecule has 1 aliphatic rings. The van der Waals surface area contributed by atoms with Gasteiger partial charge in [0.1, 0.15) is 18.1 Å². The van der Waals surface area contributed by atoms with Gasteiger partial charge in [-0.1, -0.05) is 29.8 Å². The number of nitrogens with zero attached hydrogens (tertiary/aromatic N) is 3. The van der Waals surface area contributed by atoms with Crippen molar-refractivity contribution >= 4 is 46.0 Å². The number of halogens is 2. The molecule has 1 atom stereocenters. The summed E-state index contributed by atoms with van der Waals surface area (Å²) in [5, 5.41) is 16.9. The lowest BCUT2D eigenvalue weighted by Gasteiger charge is -2.27. The quantitative estimate of drug-likeness (QED) is 0.287. The number of ketones is 1. The summed E-state index contributed by atoms with van der Waals surface area (Å²) in [7, 11) is 0. The Hall–Kier alpha value is -3.83. The summed E-state index contributed by atoms with van der Waals surface area (Å²) in [6.07, 6.45) is 2.91. The SMILES string of the molecule is C[C@H](CO)N(CC(=O)NCc1cccc(Cl)c1F)C(=O)Cn1nc(C(N)=O)c2cc(CC(=O)CC3CC3)ccc21. The summed E-state index contributed by atoms with van der Waals surface area (Å²) in [5.74, 6) is -1.96. The van der Waals surface area contributed by atoms with Crippen LogP contribution in [-0.4, -0.2) is 62.5 Å². The second-order valence-corrected chi connectivity index (χ2v) is 10.5. The number of Topliss-reactive ketones (excluding diaryl/α,β-unsaturated/α-hetero) is 1. The first-order valence-corrected chi connectivity index (χ1v) is 13.4. The van der Waals surface area contributed by atoms with Crippen molar-refractivity contribution in [2.45, 2.75) is 51.7 Å². The minimum Gasteiger partial charge on any atom is -0.394 e. The molecule has 1 saturated carbocycles. The van der Waals surface area contributed by atoms with Gasteiger partial charge in [0.05, 0.1) is 29.7 Å². The average Bonchev–Trinajstić information content (AvgIpc) is 3.66. The second-order valence-electron chi connectivity index (χ2n) is 10.1. The van der Waals surface area contributed by atoms with Crippen LogP contribution in [0.3, 0.4) is 0 Å². The maximum Gasteiger partial charge on any atom is 0.269 e. The van der Waals surface area contributed by atoms with Crippen molar-refractivity contribution in [1.29, 1.82) is 0 Å². The van der Waals surface area contributed by atoms with Crippen molar-refractivity contribution in [1.82, 2.24) is 20.0 Å². The lowest BCUT2D eigenvalue weighted by atomic mass is 10.0. The third kappa shape index (κ3) is 7.02. The van der Waals surface area contributed by atoms with E-state index < -0.39 is 42.7 Å². The fourth-order valence-corrected chi connectivity index (χ4v) is 4.67. The largest absolute Gasteiger partial charge is 0.394 e. The molecule has 10 nitrogen and oxygen atoms in total. The first-order valence-electron chi connectivity index (χ1n) is 13.0. The molecule has 1 aromatic heterocycles. The lowest BCUT2D eigenvalue weighted by molar-refractivity contribution is -0.139. The van der Waals surface area contributed by atoms with Gasteiger partial charge in [0.15, 0.2) is 5.69 Å². The number of aliphatic hydroxyl groups is 1. The average molecular weight is 572 g/mol. The van der Waals surface area contributed by atoms with E-state index in [2.05, 4.69) is 10.4 Å². The van der Waals surface area contributed by atoms with E-state index in [-0.39, 0.29) is 41.6 Å². The maximum absolute atomic E-state index is 14.2. The Labute approximate surface area is 235 Å². The molecule has 2 aromatic carbocycles. The van der Waals surface area contributed by atoms with Gasteiger partial charge in [-0.05, 0) is 49.4 Å². The van der Waals surface area contributed by atoms with Gasteiger partial charge in [0.25, 0.3) is 5.91 Å². The number of fused-ring (bicyclic) bond motifs is 1. The summed E-state index contributed by atoms with van der Waals surface area (Å²) < 4.78 is 15.5. The Morgan fingerprint density at radius 1 is 1.25 bits per heavy atom. The molecule has 4 N–H and O–H groups in total. The number of nitrogens with two attached hydrogens (primary N) is 1. The fraction of sp³-hybridized carbons (Fsp3) is 0.393. The summed E-state index contributed by atoms with van der Waals surface area (Å²) in [6, 6.07) is 8.82. The second kappa shape index (κ2) is 12.6. The maximum atomic E-state index is 14.2. The Kier molecular flexibility index (Phi) is 9.16. The number of primary amides is 1. The van der Waals surface area contributed by atoms with E-state index in [1.54, 1.807) is 31.2 Å². The predicted octanol–water partition coefficient (Wildman–Crippen LogP) is 2.37. The summed E-state index contributed by atoms with van der Waals surface area (Å²) in [5.41, 5.74) is 6.87. The molecule has 3 aromatic rings. The molecule has 1 heterocycles. The van der Waals surface area contributed by atoms with Gasteiger partial charge in [0, 0.05) is 30.3 Å². The highest BCUT2D eigenvalue weighted by atomic mass is 35.5.